The van der Waals surface area contributed by atoms with E-state index in [1.165, 1.54) is 6.20 Å². The van der Waals surface area contributed by atoms with Crippen LogP contribution in [0.3, 0.4) is 0 Å². The fraction of sp³-hybridized carbons (Fsp3) is 0.125. The van der Waals surface area contributed by atoms with Crippen LogP contribution in [0.2, 0.25) is 0 Å². The molecule has 0 saturated carbocycles. The zero-order chi connectivity index (χ0) is 9.47. The van der Waals surface area contributed by atoms with E-state index in [-0.39, 0.29) is 5.65 Å². The number of nitrogens with one attached hydrogen (secondary N) is 1. The van der Waals surface area contributed by atoms with E-state index in [1.807, 2.05) is 0 Å². The summed E-state index contributed by atoms with van der Waals surface area (Å²) in [5.74, 6) is 0. The lowest BCUT2D eigenvalue weighted by Crippen LogP contribution is -2.04. The van der Waals surface area contributed by atoms with Gasteiger partial charge < -0.3 is 4.98 Å². The first-order valence-corrected chi connectivity index (χ1v) is 3.58. The maximum atomic E-state index is 12.2. The summed E-state index contributed by atoms with van der Waals surface area (Å²) in [6, 6.07) is 4.22. The average molecular weight is 186 g/mol. The second-order valence-corrected chi connectivity index (χ2v) is 2.62. The van der Waals surface area contributed by atoms with Gasteiger partial charge in [-0.25, -0.2) is 4.98 Å². The van der Waals surface area contributed by atoms with Gasteiger partial charge in [-0.1, -0.05) is 0 Å². The van der Waals surface area contributed by atoms with Crippen molar-refractivity contribution in [3.05, 3.63) is 30.1 Å². The molecule has 0 amide bonds. The Labute approximate surface area is 71.4 Å². The van der Waals surface area contributed by atoms with Gasteiger partial charge >= 0.3 is 6.18 Å². The van der Waals surface area contributed by atoms with Crippen molar-refractivity contribution in [3.8, 4) is 0 Å². The van der Waals surface area contributed by atoms with E-state index in [1.54, 1.807) is 12.1 Å². The van der Waals surface area contributed by atoms with E-state index < -0.39 is 11.9 Å². The second kappa shape index (κ2) is 2.48. The predicted molar refractivity (Wildman–Crippen MR) is 41.1 cm³/mol. The lowest BCUT2D eigenvalue weighted by atomic mass is 10.3. The maximum Gasteiger partial charge on any atom is 0.431 e. The summed E-state index contributed by atoms with van der Waals surface area (Å²) >= 11 is 0. The number of pyridine rings is 1. The Kier molecular flexibility index (Phi) is 1.55. The minimum atomic E-state index is -4.33. The van der Waals surface area contributed by atoms with E-state index >= 15 is 0 Å². The average Bonchev–Trinajstić information content (AvgIpc) is 2.45. The molecule has 0 radical (unpaired) electrons. The number of hydrogen-bond acceptors (Lipinski definition) is 1. The Hall–Kier alpha value is -1.52. The molecule has 2 rings (SSSR count). The van der Waals surface area contributed by atoms with E-state index in [0.717, 1.165) is 6.07 Å². The third-order valence-electron chi connectivity index (χ3n) is 1.70. The fourth-order valence-corrected chi connectivity index (χ4v) is 1.11. The molecule has 0 unspecified atom stereocenters. The Morgan fingerprint density at radius 2 is 2.08 bits per heavy atom. The molecule has 2 nitrogen and oxygen atoms in total. The van der Waals surface area contributed by atoms with Gasteiger partial charge in [-0.3, -0.25) is 0 Å². The topological polar surface area (TPSA) is 28.7 Å². The highest BCUT2D eigenvalue weighted by molar-refractivity contribution is 5.76. The van der Waals surface area contributed by atoms with Crippen LogP contribution in [0.1, 0.15) is 5.69 Å². The van der Waals surface area contributed by atoms with Crippen LogP contribution in [-0.4, -0.2) is 9.97 Å². The van der Waals surface area contributed by atoms with Crippen molar-refractivity contribution in [3.63, 3.8) is 0 Å². The molecular formula is C8H5F3N2. The number of hydrogen-bond donors (Lipinski definition) is 1. The molecule has 5 heteroatoms. The minimum Gasteiger partial charge on any atom is -0.336 e. The van der Waals surface area contributed by atoms with Crippen LogP contribution in [-0.2, 0) is 6.18 Å². The number of halogens is 3. The molecule has 0 saturated heterocycles. The zero-order valence-electron chi connectivity index (χ0n) is 6.39. The largest absolute Gasteiger partial charge is 0.431 e. The maximum absolute atomic E-state index is 12.2. The Bertz CT molecular complexity index is 397. The van der Waals surface area contributed by atoms with Gasteiger partial charge in [0.15, 0.2) is 0 Å². The molecule has 0 aliphatic heterocycles. The third-order valence-corrected chi connectivity index (χ3v) is 1.70. The molecule has 0 fully saturated rings. The molecule has 0 aliphatic carbocycles. The molecule has 13 heavy (non-hydrogen) atoms. The number of H-pyrrole nitrogens is 1. The predicted octanol–water partition coefficient (Wildman–Crippen LogP) is 2.58. The van der Waals surface area contributed by atoms with Gasteiger partial charge in [0.1, 0.15) is 11.3 Å². The molecule has 0 aromatic carbocycles. The molecule has 0 aliphatic rings. The third kappa shape index (κ3) is 1.37. The summed E-state index contributed by atoms with van der Waals surface area (Å²) < 4.78 is 36.5. The molecule has 1 N–H and O–H groups in total. The molecule has 0 bridgehead atoms. The number of aromatic amines is 1. The quantitative estimate of drug-likeness (QED) is 0.673. The van der Waals surface area contributed by atoms with E-state index in [9.17, 15) is 13.2 Å². The monoisotopic (exact) mass is 186 g/mol. The van der Waals surface area contributed by atoms with Crippen molar-refractivity contribution in [2.75, 3.05) is 0 Å². The van der Waals surface area contributed by atoms with Crippen molar-refractivity contribution in [2.24, 2.45) is 0 Å². The zero-order valence-corrected chi connectivity index (χ0v) is 6.39. The number of alkyl halides is 3. The van der Waals surface area contributed by atoms with Crippen molar-refractivity contribution in [1.82, 2.24) is 9.97 Å². The number of fused-ring (bicyclic) bond motifs is 1. The van der Waals surface area contributed by atoms with Gasteiger partial charge in [0, 0.05) is 11.6 Å². The normalized spacial score (nSPS) is 12.2. The standard InChI is InChI=1S/C8H5F3N2/c9-8(10,11)6-4-5-2-1-3-12-7(5)13-6/h1-4H,(H,12,13). The van der Waals surface area contributed by atoms with E-state index in [2.05, 4.69) is 9.97 Å². The SMILES string of the molecule is FC(F)(F)c1cc2cccnc2[nH]1. The van der Waals surface area contributed by atoms with E-state index in [0.29, 0.717) is 5.39 Å². The molecule has 0 spiro atoms. The highest BCUT2D eigenvalue weighted by atomic mass is 19.4. The molecule has 68 valence electrons. The summed E-state index contributed by atoms with van der Waals surface area (Å²) in [5, 5.41) is 0.467. The minimum absolute atomic E-state index is 0.259. The lowest BCUT2D eigenvalue weighted by Gasteiger charge is -2.00. The number of aromatic nitrogens is 2. The number of nitrogens with zero attached hydrogens (tertiary/aromatic N) is 1. The van der Waals surface area contributed by atoms with Crippen molar-refractivity contribution in [1.29, 1.82) is 0 Å². The summed E-state index contributed by atoms with van der Waals surface area (Å²) in [6.45, 7) is 0. The first-order chi connectivity index (χ1) is 6.07. The lowest BCUT2D eigenvalue weighted by molar-refractivity contribution is -0.140. The van der Waals surface area contributed by atoms with Crippen LogP contribution in [0.5, 0.6) is 0 Å². The molecule has 0 atom stereocenters. The van der Waals surface area contributed by atoms with Crippen molar-refractivity contribution in [2.45, 2.75) is 6.18 Å². The molecule has 2 heterocycles. The van der Waals surface area contributed by atoms with Crippen LogP contribution < -0.4 is 0 Å². The van der Waals surface area contributed by atoms with Gasteiger partial charge in [0.2, 0.25) is 0 Å². The molecule has 2 aromatic rings. The van der Waals surface area contributed by atoms with Crippen LogP contribution in [0.4, 0.5) is 13.2 Å². The Morgan fingerprint density at radius 3 is 2.69 bits per heavy atom. The highest BCUT2D eigenvalue weighted by Gasteiger charge is 2.32. The van der Waals surface area contributed by atoms with Crippen LogP contribution in [0.15, 0.2) is 24.4 Å². The molecule has 2 aromatic heterocycles. The van der Waals surface area contributed by atoms with Crippen LogP contribution in [0.25, 0.3) is 11.0 Å². The molecular weight excluding hydrogens is 181 g/mol. The Balaban J connectivity index is 2.63. The second-order valence-electron chi connectivity index (χ2n) is 2.62. The first-order valence-electron chi connectivity index (χ1n) is 3.58. The first kappa shape index (κ1) is 8.10. The van der Waals surface area contributed by atoms with Crippen molar-refractivity contribution >= 4 is 11.0 Å². The van der Waals surface area contributed by atoms with Crippen LogP contribution in [0, 0.1) is 0 Å². The van der Waals surface area contributed by atoms with Gasteiger partial charge in [0.05, 0.1) is 0 Å². The highest BCUT2D eigenvalue weighted by Crippen LogP contribution is 2.30. The Morgan fingerprint density at radius 1 is 1.31 bits per heavy atom. The van der Waals surface area contributed by atoms with Crippen molar-refractivity contribution < 1.29 is 13.2 Å². The smallest absolute Gasteiger partial charge is 0.336 e. The van der Waals surface area contributed by atoms with Gasteiger partial charge in [0.25, 0.3) is 0 Å². The fourth-order valence-electron chi connectivity index (χ4n) is 1.11. The summed E-state index contributed by atoms with van der Waals surface area (Å²) in [4.78, 5) is 5.96. The number of rotatable bonds is 0. The van der Waals surface area contributed by atoms with Crippen LogP contribution >= 0.6 is 0 Å². The summed E-state index contributed by atoms with van der Waals surface area (Å²) in [7, 11) is 0. The summed E-state index contributed by atoms with van der Waals surface area (Å²) in [5.41, 5.74) is -0.504. The van der Waals surface area contributed by atoms with Gasteiger partial charge in [-0.15, -0.1) is 0 Å². The van der Waals surface area contributed by atoms with E-state index in [4.69, 9.17) is 0 Å². The van der Waals surface area contributed by atoms with Gasteiger partial charge in [-0.2, -0.15) is 13.2 Å². The summed E-state index contributed by atoms with van der Waals surface area (Å²) in [6.07, 6.45) is -2.89. The van der Waals surface area contributed by atoms with Gasteiger partial charge in [-0.05, 0) is 18.2 Å².